The first-order valence-corrected chi connectivity index (χ1v) is 10.7. The fraction of sp³-hybridized carbons (Fsp3) is 0.435. The smallest absolute Gasteiger partial charge is 0.387 e. The molecule has 0 atom stereocenters. The van der Waals surface area contributed by atoms with Crippen molar-refractivity contribution in [2.75, 3.05) is 51.3 Å². The zero-order valence-corrected chi connectivity index (χ0v) is 18.4. The Balaban J connectivity index is 1.60. The summed E-state index contributed by atoms with van der Waals surface area (Å²) in [4.78, 5) is 9.08. The van der Waals surface area contributed by atoms with Crippen molar-refractivity contribution in [2.45, 2.75) is 20.0 Å². The lowest BCUT2D eigenvalue weighted by molar-refractivity contribution is -0.0512. The number of phenols is 1. The molecule has 0 amide bonds. The van der Waals surface area contributed by atoms with Crippen LogP contribution in [0.4, 0.5) is 14.5 Å². The van der Waals surface area contributed by atoms with Gasteiger partial charge in [-0.05, 0) is 43.2 Å². The van der Waals surface area contributed by atoms with E-state index in [1.165, 1.54) is 7.11 Å². The first kappa shape index (κ1) is 23.4. The number of para-hydroxylation sites is 2. The minimum atomic E-state index is -2.91. The van der Waals surface area contributed by atoms with E-state index < -0.39 is 6.61 Å². The Morgan fingerprint density at radius 3 is 2.53 bits per heavy atom. The monoisotopic (exact) mass is 448 g/mol. The number of anilines is 1. The van der Waals surface area contributed by atoms with Crippen molar-refractivity contribution in [1.82, 2.24) is 10.2 Å². The first-order valence-electron chi connectivity index (χ1n) is 10.7. The van der Waals surface area contributed by atoms with Gasteiger partial charge in [0.25, 0.3) is 0 Å². The molecule has 32 heavy (non-hydrogen) atoms. The first-order chi connectivity index (χ1) is 15.5. The van der Waals surface area contributed by atoms with Crippen LogP contribution < -0.4 is 19.7 Å². The molecule has 174 valence electrons. The van der Waals surface area contributed by atoms with Gasteiger partial charge in [-0.1, -0.05) is 18.2 Å². The number of phenolic OH excluding ortho intramolecular Hbond substituents is 1. The van der Waals surface area contributed by atoms with Crippen LogP contribution in [0, 0.1) is 0 Å². The number of benzene rings is 2. The number of hydrogen-bond acceptors (Lipinski definition) is 5. The zero-order valence-electron chi connectivity index (χ0n) is 18.4. The summed E-state index contributed by atoms with van der Waals surface area (Å²) in [5, 5.41) is 13.4. The lowest BCUT2D eigenvalue weighted by Gasteiger charge is -2.37. The summed E-state index contributed by atoms with van der Waals surface area (Å²) in [6, 6.07) is 12.4. The highest BCUT2D eigenvalue weighted by Crippen LogP contribution is 2.30. The van der Waals surface area contributed by atoms with Gasteiger partial charge in [-0.25, -0.2) is 0 Å². The number of ether oxygens (including phenoxy) is 2. The lowest BCUT2D eigenvalue weighted by atomic mass is 10.1. The summed E-state index contributed by atoms with van der Waals surface area (Å²) in [7, 11) is 1.42. The van der Waals surface area contributed by atoms with E-state index in [1.807, 2.05) is 31.2 Å². The van der Waals surface area contributed by atoms with Crippen molar-refractivity contribution >= 4 is 11.6 Å². The molecule has 2 aromatic rings. The van der Waals surface area contributed by atoms with Gasteiger partial charge < -0.3 is 29.7 Å². The molecule has 1 saturated heterocycles. The molecule has 1 aliphatic rings. The molecule has 0 unspecified atom stereocenters. The average Bonchev–Trinajstić information content (AvgIpc) is 2.79. The normalized spacial score (nSPS) is 14.6. The van der Waals surface area contributed by atoms with Crippen LogP contribution in [0.15, 0.2) is 47.5 Å². The highest BCUT2D eigenvalue weighted by Gasteiger charge is 2.21. The van der Waals surface area contributed by atoms with Crippen LogP contribution in [0.5, 0.6) is 17.2 Å². The number of nitrogens with zero attached hydrogens (tertiary/aromatic N) is 3. The highest BCUT2D eigenvalue weighted by molar-refractivity contribution is 5.80. The number of piperazine rings is 1. The molecule has 0 radical (unpaired) electrons. The second-order valence-electron chi connectivity index (χ2n) is 7.31. The molecule has 0 spiro atoms. The maximum absolute atomic E-state index is 12.6. The van der Waals surface area contributed by atoms with E-state index >= 15 is 0 Å². The second kappa shape index (κ2) is 11.4. The van der Waals surface area contributed by atoms with Gasteiger partial charge in [0.05, 0.1) is 12.8 Å². The number of hydrogen-bond donors (Lipinski definition) is 2. The van der Waals surface area contributed by atoms with E-state index in [0.717, 1.165) is 49.9 Å². The van der Waals surface area contributed by atoms with Gasteiger partial charge in [0.1, 0.15) is 5.75 Å². The molecule has 2 N–H and O–H groups in total. The van der Waals surface area contributed by atoms with E-state index in [9.17, 15) is 13.9 Å². The minimum absolute atomic E-state index is 0.0242. The van der Waals surface area contributed by atoms with Crippen molar-refractivity contribution < 1.29 is 23.4 Å². The van der Waals surface area contributed by atoms with Crippen LogP contribution in [-0.4, -0.2) is 69.0 Å². The SMILES string of the molecule is CCNC(=NCCc1ccc(OC)c(OC(F)F)c1)N1CCN(c2ccccc2O)CC1. The summed E-state index contributed by atoms with van der Waals surface area (Å²) in [6.07, 6.45) is 0.580. The molecule has 0 aliphatic carbocycles. The van der Waals surface area contributed by atoms with Gasteiger partial charge >= 0.3 is 6.61 Å². The van der Waals surface area contributed by atoms with Gasteiger partial charge in [0.2, 0.25) is 0 Å². The van der Waals surface area contributed by atoms with Gasteiger partial charge in [-0.3, -0.25) is 4.99 Å². The van der Waals surface area contributed by atoms with E-state index in [2.05, 4.69) is 19.9 Å². The summed E-state index contributed by atoms with van der Waals surface area (Å²) < 4.78 is 34.9. The van der Waals surface area contributed by atoms with Crippen LogP contribution >= 0.6 is 0 Å². The van der Waals surface area contributed by atoms with Gasteiger partial charge in [0.15, 0.2) is 17.5 Å². The van der Waals surface area contributed by atoms with E-state index in [0.29, 0.717) is 13.0 Å². The van der Waals surface area contributed by atoms with Gasteiger partial charge in [-0.2, -0.15) is 8.78 Å². The number of methoxy groups -OCH3 is 1. The predicted octanol–water partition coefficient (Wildman–Crippen LogP) is 3.33. The standard InChI is InChI=1S/C23H30F2N4O3/c1-3-26-23(29-14-12-28(13-15-29)18-6-4-5-7-19(18)30)27-11-10-17-8-9-20(31-2)21(16-17)32-22(24)25/h4-9,16,22,30H,3,10-15H2,1-2H3,(H,26,27). The molecule has 7 nitrogen and oxygen atoms in total. The largest absolute Gasteiger partial charge is 0.506 e. The topological polar surface area (TPSA) is 69.6 Å². The van der Waals surface area contributed by atoms with E-state index in [1.54, 1.807) is 18.2 Å². The van der Waals surface area contributed by atoms with Crippen LogP contribution in [0.2, 0.25) is 0 Å². The summed E-state index contributed by atoms with van der Waals surface area (Å²) >= 11 is 0. The number of nitrogens with one attached hydrogen (secondary N) is 1. The van der Waals surface area contributed by atoms with Crippen LogP contribution in [0.1, 0.15) is 12.5 Å². The number of guanidine groups is 1. The predicted molar refractivity (Wildman–Crippen MR) is 121 cm³/mol. The zero-order chi connectivity index (χ0) is 22.9. The molecule has 0 saturated carbocycles. The molecule has 1 fully saturated rings. The van der Waals surface area contributed by atoms with Gasteiger partial charge in [0, 0.05) is 39.3 Å². The Morgan fingerprint density at radius 2 is 1.88 bits per heavy atom. The Morgan fingerprint density at radius 1 is 1.12 bits per heavy atom. The van der Waals surface area contributed by atoms with Crippen LogP contribution in [0.3, 0.4) is 0 Å². The summed E-state index contributed by atoms with van der Waals surface area (Å²) in [5.41, 5.74) is 1.68. The third-order valence-corrected chi connectivity index (χ3v) is 5.24. The molecular formula is C23H30F2N4O3. The van der Waals surface area contributed by atoms with Crippen molar-refractivity contribution in [3.05, 3.63) is 48.0 Å². The molecule has 0 bridgehead atoms. The van der Waals surface area contributed by atoms with Crippen molar-refractivity contribution in [1.29, 1.82) is 0 Å². The minimum Gasteiger partial charge on any atom is -0.506 e. The molecular weight excluding hydrogens is 418 g/mol. The molecule has 9 heteroatoms. The second-order valence-corrected chi connectivity index (χ2v) is 7.31. The molecule has 0 aromatic heterocycles. The highest BCUT2D eigenvalue weighted by atomic mass is 19.3. The summed E-state index contributed by atoms with van der Waals surface area (Å²) in [6.45, 7) is 3.45. The van der Waals surface area contributed by atoms with Crippen LogP contribution in [-0.2, 0) is 6.42 Å². The van der Waals surface area contributed by atoms with Gasteiger partial charge in [-0.15, -0.1) is 0 Å². The number of rotatable bonds is 8. The third-order valence-electron chi connectivity index (χ3n) is 5.24. The molecule has 2 aromatic carbocycles. The van der Waals surface area contributed by atoms with E-state index in [4.69, 9.17) is 9.73 Å². The Bertz CT molecular complexity index is 903. The number of halogens is 2. The molecule has 1 aliphatic heterocycles. The Labute approximate surface area is 187 Å². The van der Waals surface area contributed by atoms with Crippen LogP contribution in [0.25, 0.3) is 0 Å². The molecule has 1 heterocycles. The summed E-state index contributed by atoms with van der Waals surface area (Å²) in [5.74, 6) is 1.41. The van der Waals surface area contributed by atoms with Crippen molar-refractivity contribution in [2.24, 2.45) is 4.99 Å². The lowest BCUT2D eigenvalue weighted by Crippen LogP contribution is -2.52. The third kappa shape index (κ3) is 6.15. The molecule has 3 rings (SSSR count). The number of aliphatic imine (C=N–C) groups is 1. The fourth-order valence-electron chi connectivity index (χ4n) is 3.67. The quantitative estimate of drug-likeness (QED) is 0.477. The average molecular weight is 449 g/mol. The fourth-order valence-corrected chi connectivity index (χ4v) is 3.67. The van der Waals surface area contributed by atoms with Crippen molar-refractivity contribution in [3.63, 3.8) is 0 Å². The number of aromatic hydroxyl groups is 1. The maximum Gasteiger partial charge on any atom is 0.387 e. The Hall–Kier alpha value is -3.23. The van der Waals surface area contributed by atoms with Crippen molar-refractivity contribution in [3.8, 4) is 17.2 Å². The Kier molecular flexibility index (Phi) is 8.35. The maximum atomic E-state index is 12.6. The van der Waals surface area contributed by atoms with E-state index in [-0.39, 0.29) is 17.2 Å². The number of alkyl halides is 2.